The molecule has 0 aliphatic rings. The van der Waals surface area contributed by atoms with Crippen LogP contribution in [0.3, 0.4) is 0 Å². The molecule has 0 saturated heterocycles. The van der Waals surface area contributed by atoms with E-state index in [-0.39, 0.29) is 5.78 Å². The van der Waals surface area contributed by atoms with E-state index in [1.54, 1.807) is 27.2 Å². The first-order valence-corrected chi connectivity index (χ1v) is 7.47. The molecule has 0 saturated carbocycles. The zero-order valence-electron chi connectivity index (χ0n) is 14.3. The summed E-state index contributed by atoms with van der Waals surface area (Å²) in [5.41, 5.74) is 3.68. The maximum Gasteiger partial charge on any atom is 0.168 e. The van der Waals surface area contributed by atoms with Gasteiger partial charge in [0, 0.05) is 17.7 Å². The van der Waals surface area contributed by atoms with Crippen LogP contribution in [0.25, 0.3) is 11.1 Å². The van der Waals surface area contributed by atoms with Crippen LogP contribution in [0.15, 0.2) is 36.4 Å². The number of rotatable bonds is 6. The lowest BCUT2D eigenvalue weighted by molar-refractivity contribution is 0.101. The van der Waals surface area contributed by atoms with E-state index in [0.29, 0.717) is 17.1 Å². The second-order valence-electron chi connectivity index (χ2n) is 5.75. The summed E-state index contributed by atoms with van der Waals surface area (Å²) in [5.74, 6) is 1.20. The van der Waals surface area contributed by atoms with Crippen molar-refractivity contribution in [3.8, 4) is 22.6 Å². The van der Waals surface area contributed by atoms with E-state index in [1.165, 1.54) is 5.56 Å². The number of ketones is 1. The molecule has 0 aliphatic heterocycles. The third kappa shape index (κ3) is 3.90. The van der Waals surface area contributed by atoms with Crippen molar-refractivity contribution in [1.29, 1.82) is 0 Å². The van der Waals surface area contributed by atoms with Gasteiger partial charge >= 0.3 is 0 Å². The lowest BCUT2D eigenvalue weighted by Crippen LogP contribution is -2.10. The second kappa shape index (κ2) is 7.29. The van der Waals surface area contributed by atoms with Gasteiger partial charge in [-0.3, -0.25) is 4.79 Å². The Morgan fingerprint density at radius 3 is 2.17 bits per heavy atom. The minimum absolute atomic E-state index is 0.00330. The van der Waals surface area contributed by atoms with Crippen molar-refractivity contribution in [3.63, 3.8) is 0 Å². The first kappa shape index (κ1) is 17.0. The van der Waals surface area contributed by atoms with Gasteiger partial charge in [0.25, 0.3) is 0 Å². The van der Waals surface area contributed by atoms with Gasteiger partial charge in [-0.25, -0.2) is 0 Å². The Hall–Kier alpha value is -2.33. The van der Waals surface area contributed by atoms with Crippen LogP contribution in [0.1, 0.15) is 22.8 Å². The third-order valence-electron chi connectivity index (χ3n) is 3.65. The van der Waals surface area contributed by atoms with Crippen LogP contribution in [0.2, 0.25) is 0 Å². The Morgan fingerprint density at radius 2 is 1.70 bits per heavy atom. The van der Waals surface area contributed by atoms with Crippen molar-refractivity contribution in [3.05, 3.63) is 47.5 Å². The Labute approximate surface area is 137 Å². The summed E-state index contributed by atoms with van der Waals surface area (Å²) >= 11 is 0. The van der Waals surface area contributed by atoms with E-state index in [2.05, 4.69) is 17.0 Å². The van der Waals surface area contributed by atoms with Crippen molar-refractivity contribution in [2.24, 2.45) is 0 Å². The number of carbonyl (C=O) groups is 1. The molecule has 0 N–H and O–H groups in total. The van der Waals surface area contributed by atoms with Crippen LogP contribution in [-0.4, -0.2) is 39.0 Å². The van der Waals surface area contributed by atoms with Gasteiger partial charge in [0.2, 0.25) is 0 Å². The SMILES string of the molecule is COc1cc(C(C)=O)cc(-c2ccc(CN(C)C)cc2)c1OC. The molecular weight excluding hydrogens is 290 g/mol. The number of methoxy groups -OCH3 is 2. The molecule has 0 spiro atoms. The Morgan fingerprint density at radius 1 is 1.04 bits per heavy atom. The zero-order valence-corrected chi connectivity index (χ0v) is 14.3. The molecule has 0 heterocycles. The van der Waals surface area contributed by atoms with Crippen LogP contribution in [0.5, 0.6) is 11.5 Å². The Kier molecular flexibility index (Phi) is 5.40. The van der Waals surface area contributed by atoms with Crippen molar-refractivity contribution in [2.45, 2.75) is 13.5 Å². The van der Waals surface area contributed by atoms with Gasteiger partial charge in [-0.1, -0.05) is 24.3 Å². The molecule has 0 atom stereocenters. The monoisotopic (exact) mass is 313 g/mol. The number of ether oxygens (including phenoxy) is 2. The molecule has 2 rings (SSSR count). The highest BCUT2D eigenvalue weighted by Crippen LogP contribution is 2.39. The van der Waals surface area contributed by atoms with Crippen molar-refractivity contribution < 1.29 is 14.3 Å². The number of nitrogens with zero attached hydrogens (tertiary/aromatic N) is 1. The quantitative estimate of drug-likeness (QED) is 0.763. The van der Waals surface area contributed by atoms with Gasteiger partial charge in [0.15, 0.2) is 17.3 Å². The minimum Gasteiger partial charge on any atom is -0.493 e. The molecule has 0 aromatic heterocycles. The topological polar surface area (TPSA) is 38.8 Å². The molecule has 0 bridgehead atoms. The Balaban J connectivity index is 2.52. The maximum atomic E-state index is 11.8. The third-order valence-corrected chi connectivity index (χ3v) is 3.65. The fraction of sp³-hybridized carbons (Fsp3) is 0.316. The summed E-state index contributed by atoms with van der Waals surface area (Å²) in [5, 5.41) is 0. The highest BCUT2D eigenvalue weighted by molar-refractivity contribution is 5.97. The predicted molar refractivity (Wildman–Crippen MR) is 92.4 cm³/mol. The van der Waals surface area contributed by atoms with Crippen LogP contribution >= 0.6 is 0 Å². The zero-order chi connectivity index (χ0) is 17.0. The fourth-order valence-electron chi connectivity index (χ4n) is 2.54. The van der Waals surface area contributed by atoms with E-state index in [1.807, 2.05) is 32.3 Å². The predicted octanol–water partition coefficient (Wildman–Crippen LogP) is 3.64. The van der Waals surface area contributed by atoms with Gasteiger partial charge in [0.1, 0.15) is 0 Å². The van der Waals surface area contributed by atoms with Crippen LogP contribution < -0.4 is 9.47 Å². The minimum atomic E-state index is -0.00330. The van der Waals surface area contributed by atoms with Crippen molar-refractivity contribution in [1.82, 2.24) is 4.90 Å². The molecule has 23 heavy (non-hydrogen) atoms. The Bertz CT molecular complexity index is 691. The van der Waals surface area contributed by atoms with Crippen molar-refractivity contribution in [2.75, 3.05) is 28.3 Å². The van der Waals surface area contributed by atoms with Gasteiger partial charge < -0.3 is 14.4 Å². The average molecular weight is 313 g/mol. The maximum absolute atomic E-state index is 11.8. The fourth-order valence-corrected chi connectivity index (χ4v) is 2.54. The first-order valence-electron chi connectivity index (χ1n) is 7.47. The molecule has 0 fully saturated rings. The summed E-state index contributed by atoms with van der Waals surface area (Å²) < 4.78 is 10.9. The first-order chi connectivity index (χ1) is 11.0. The van der Waals surface area contributed by atoms with E-state index in [0.717, 1.165) is 17.7 Å². The second-order valence-corrected chi connectivity index (χ2v) is 5.75. The number of hydrogen-bond acceptors (Lipinski definition) is 4. The molecule has 0 aliphatic carbocycles. The smallest absolute Gasteiger partial charge is 0.168 e. The van der Waals surface area contributed by atoms with Crippen LogP contribution in [-0.2, 0) is 6.54 Å². The lowest BCUT2D eigenvalue weighted by Gasteiger charge is -2.15. The van der Waals surface area contributed by atoms with Gasteiger partial charge in [-0.05, 0) is 44.3 Å². The summed E-state index contributed by atoms with van der Waals surface area (Å²) in [7, 11) is 7.26. The van der Waals surface area contributed by atoms with Crippen molar-refractivity contribution >= 4 is 5.78 Å². The number of benzene rings is 2. The molecular formula is C19H23NO3. The number of carbonyl (C=O) groups excluding carboxylic acids is 1. The lowest BCUT2D eigenvalue weighted by atomic mass is 9.98. The number of Topliss-reactive ketones (excluding diaryl/α,β-unsaturated/α-hetero) is 1. The van der Waals surface area contributed by atoms with E-state index >= 15 is 0 Å². The summed E-state index contributed by atoms with van der Waals surface area (Å²) in [4.78, 5) is 13.9. The standard InChI is InChI=1S/C19H23NO3/c1-13(21)16-10-17(19(23-5)18(11-16)22-4)15-8-6-14(7-9-15)12-20(2)3/h6-11H,12H2,1-5H3. The molecule has 2 aromatic rings. The van der Waals surface area contributed by atoms with Gasteiger partial charge in [-0.15, -0.1) is 0 Å². The van der Waals surface area contributed by atoms with E-state index in [4.69, 9.17) is 9.47 Å². The molecule has 2 aromatic carbocycles. The molecule has 4 nitrogen and oxygen atoms in total. The number of hydrogen-bond donors (Lipinski definition) is 0. The highest BCUT2D eigenvalue weighted by Gasteiger charge is 2.16. The normalized spacial score (nSPS) is 10.7. The molecule has 122 valence electrons. The molecule has 4 heteroatoms. The molecule has 0 radical (unpaired) electrons. The van der Waals surface area contributed by atoms with Crippen LogP contribution in [0, 0.1) is 0 Å². The average Bonchev–Trinajstić information content (AvgIpc) is 2.53. The largest absolute Gasteiger partial charge is 0.493 e. The summed E-state index contributed by atoms with van der Waals surface area (Å²) in [6, 6.07) is 11.8. The van der Waals surface area contributed by atoms with Gasteiger partial charge in [0.05, 0.1) is 14.2 Å². The molecule has 0 unspecified atom stereocenters. The highest BCUT2D eigenvalue weighted by atomic mass is 16.5. The van der Waals surface area contributed by atoms with E-state index in [9.17, 15) is 4.79 Å². The summed E-state index contributed by atoms with van der Waals surface area (Å²) in [6.07, 6.45) is 0. The van der Waals surface area contributed by atoms with E-state index < -0.39 is 0 Å². The summed E-state index contributed by atoms with van der Waals surface area (Å²) in [6.45, 7) is 2.43. The van der Waals surface area contributed by atoms with Crippen LogP contribution in [0.4, 0.5) is 0 Å². The molecule has 0 amide bonds. The van der Waals surface area contributed by atoms with Gasteiger partial charge in [-0.2, -0.15) is 0 Å².